The number of hydrogen-bond acceptors (Lipinski definition) is 5. The lowest BCUT2D eigenvalue weighted by Gasteiger charge is -2.25. The van der Waals surface area contributed by atoms with Gasteiger partial charge in [0.05, 0.1) is 12.3 Å². The molecule has 100 valence electrons. The third-order valence-electron chi connectivity index (χ3n) is 2.66. The van der Waals surface area contributed by atoms with Gasteiger partial charge in [-0.05, 0) is 26.1 Å². The van der Waals surface area contributed by atoms with Crippen molar-refractivity contribution in [2.45, 2.75) is 19.5 Å². The van der Waals surface area contributed by atoms with E-state index in [2.05, 4.69) is 10.4 Å². The molecule has 1 aromatic rings. The Balaban J connectivity index is 2.71. The standard InChI is InChI=1S/C12H20N4O2/c1-9-5-4-6-10(14-9)7-16(2)11(8-18-3)12(17)15-13/h4-6,11H,7-8,13H2,1-3H3,(H,15,17). The summed E-state index contributed by atoms with van der Waals surface area (Å²) in [6, 6.07) is 5.37. The molecule has 0 radical (unpaired) electrons. The third-order valence-corrected chi connectivity index (χ3v) is 2.66. The third kappa shape index (κ3) is 4.06. The van der Waals surface area contributed by atoms with Crippen molar-refractivity contribution >= 4 is 5.91 Å². The van der Waals surface area contributed by atoms with Gasteiger partial charge in [0.25, 0.3) is 5.91 Å². The first-order chi connectivity index (χ1) is 8.58. The van der Waals surface area contributed by atoms with E-state index in [1.165, 1.54) is 0 Å². The molecule has 1 atom stereocenters. The van der Waals surface area contributed by atoms with Crippen molar-refractivity contribution in [3.05, 3.63) is 29.6 Å². The largest absolute Gasteiger partial charge is 0.383 e. The number of hydrazine groups is 1. The van der Waals surface area contributed by atoms with Gasteiger partial charge in [0.2, 0.25) is 0 Å². The minimum Gasteiger partial charge on any atom is -0.383 e. The number of likely N-dealkylation sites (N-methyl/N-ethyl adjacent to an activating group) is 1. The Morgan fingerprint density at radius 3 is 2.89 bits per heavy atom. The highest BCUT2D eigenvalue weighted by Crippen LogP contribution is 2.06. The van der Waals surface area contributed by atoms with E-state index in [1.54, 1.807) is 7.11 Å². The summed E-state index contributed by atoms with van der Waals surface area (Å²) in [6.07, 6.45) is 0. The maximum Gasteiger partial charge on any atom is 0.253 e. The average molecular weight is 252 g/mol. The highest BCUT2D eigenvalue weighted by Gasteiger charge is 2.22. The summed E-state index contributed by atoms with van der Waals surface area (Å²) >= 11 is 0. The second kappa shape index (κ2) is 7.05. The molecule has 0 aromatic carbocycles. The number of pyridine rings is 1. The first kappa shape index (κ1) is 14.6. The number of nitrogens with one attached hydrogen (secondary N) is 1. The Morgan fingerprint density at radius 2 is 2.33 bits per heavy atom. The first-order valence-electron chi connectivity index (χ1n) is 5.70. The van der Waals surface area contributed by atoms with Crippen LogP contribution < -0.4 is 11.3 Å². The number of nitrogens with two attached hydrogens (primary N) is 1. The van der Waals surface area contributed by atoms with Crippen molar-refractivity contribution in [2.75, 3.05) is 20.8 Å². The van der Waals surface area contributed by atoms with Crippen LogP contribution in [0.15, 0.2) is 18.2 Å². The first-order valence-corrected chi connectivity index (χ1v) is 5.70. The number of hydrogen-bond donors (Lipinski definition) is 2. The number of carbonyl (C=O) groups is 1. The normalized spacial score (nSPS) is 12.5. The number of rotatable bonds is 6. The van der Waals surface area contributed by atoms with Crippen molar-refractivity contribution in [3.8, 4) is 0 Å². The predicted molar refractivity (Wildman–Crippen MR) is 68.4 cm³/mol. The number of methoxy groups -OCH3 is 1. The quantitative estimate of drug-likeness (QED) is 0.417. The van der Waals surface area contributed by atoms with Crippen LogP contribution in [0.1, 0.15) is 11.4 Å². The Bertz CT molecular complexity index is 397. The van der Waals surface area contributed by atoms with Gasteiger partial charge in [-0.2, -0.15) is 0 Å². The molecule has 0 aliphatic heterocycles. The van der Waals surface area contributed by atoms with Gasteiger partial charge in [-0.1, -0.05) is 6.07 Å². The second-order valence-electron chi connectivity index (χ2n) is 4.17. The van der Waals surface area contributed by atoms with E-state index in [0.29, 0.717) is 6.54 Å². The fraction of sp³-hybridized carbons (Fsp3) is 0.500. The highest BCUT2D eigenvalue weighted by molar-refractivity contribution is 5.81. The molecule has 1 heterocycles. The van der Waals surface area contributed by atoms with E-state index in [0.717, 1.165) is 11.4 Å². The van der Waals surface area contributed by atoms with E-state index < -0.39 is 6.04 Å². The smallest absolute Gasteiger partial charge is 0.253 e. The van der Waals surface area contributed by atoms with E-state index in [1.807, 2.05) is 37.1 Å². The molecular formula is C12H20N4O2. The van der Waals surface area contributed by atoms with Crippen molar-refractivity contribution in [1.29, 1.82) is 0 Å². The number of nitrogens with zero attached hydrogens (tertiary/aromatic N) is 2. The maximum absolute atomic E-state index is 11.6. The van der Waals surface area contributed by atoms with Crippen LogP contribution in [-0.4, -0.2) is 42.6 Å². The number of aromatic nitrogens is 1. The zero-order valence-electron chi connectivity index (χ0n) is 11.0. The number of carbonyl (C=O) groups excluding carboxylic acids is 1. The Labute approximate surface area is 107 Å². The van der Waals surface area contributed by atoms with Crippen LogP contribution in [0.4, 0.5) is 0 Å². The van der Waals surface area contributed by atoms with Gasteiger partial charge >= 0.3 is 0 Å². The Kier molecular flexibility index (Phi) is 5.70. The average Bonchev–Trinajstić information content (AvgIpc) is 2.35. The molecule has 6 heteroatoms. The van der Waals surface area contributed by atoms with Gasteiger partial charge in [0.1, 0.15) is 6.04 Å². The summed E-state index contributed by atoms with van der Waals surface area (Å²) in [5.41, 5.74) is 4.00. The molecule has 1 aromatic heterocycles. The van der Waals surface area contributed by atoms with Crippen LogP contribution in [0.2, 0.25) is 0 Å². The summed E-state index contributed by atoms with van der Waals surface area (Å²) in [7, 11) is 3.39. The molecule has 0 aliphatic carbocycles. The number of ether oxygens (including phenoxy) is 1. The van der Waals surface area contributed by atoms with Gasteiger partial charge in [-0.15, -0.1) is 0 Å². The van der Waals surface area contributed by atoms with Gasteiger partial charge in [0, 0.05) is 19.3 Å². The topological polar surface area (TPSA) is 80.5 Å². The SMILES string of the molecule is COCC(C(=O)NN)N(C)Cc1cccc(C)n1. The van der Waals surface area contributed by atoms with E-state index in [9.17, 15) is 4.79 Å². The lowest BCUT2D eigenvalue weighted by atomic mass is 10.2. The molecule has 1 unspecified atom stereocenters. The van der Waals surface area contributed by atoms with Crippen LogP contribution in [0.3, 0.4) is 0 Å². The maximum atomic E-state index is 11.6. The molecule has 0 spiro atoms. The summed E-state index contributed by atoms with van der Waals surface area (Å²) in [5, 5.41) is 0. The molecule has 1 rings (SSSR count). The molecule has 18 heavy (non-hydrogen) atoms. The zero-order valence-corrected chi connectivity index (χ0v) is 11.0. The minimum atomic E-state index is -0.428. The fourth-order valence-corrected chi connectivity index (χ4v) is 1.71. The van der Waals surface area contributed by atoms with Crippen molar-refractivity contribution in [1.82, 2.24) is 15.3 Å². The summed E-state index contributed by atoms with van der Waals surface area (Å²) in [4.78, 5) is 17.9. The molecule has 3 N–H and O–H groups in total. The van der Waals surface area contributed by atoms with E-state index in [4.69, 9.17) is 10.6 Å². The molecule has 0 aliphatic rings. The van der Waals surface area contributed by atoms with Gasteiger partial charge in [0.15, 0.2) is 0 Å². The molecule has 0 fully saturated rings. The Morgan fingerprint density at radius 1 is 1.61 bits per heavy atom. The molecule has 1 amide bonds. The number of amides is 1. The summed E-state index contributed by atoms with van der Waals surface area (Å²) in [6.45, 7) is 2.78. The lowest BCUT2D eigenvalue weighted by Crippen LogP contribution is -2.49. The van der Waals surface area contributed by atoms with Crippen molar-refractivity contribution < 1.29 is 9.53 Å². The van der Waals surface area contributed by atoms with Crippen molar-refractivity contribution in [2.24, 2.45) is 5.84 Å². The molecule has 0 bridgehead atoms. The van der Waals surface area contributed by atoms with Gasteiger partial charge in [-0.25, -0.2) is 5.84 Å². The van der Waals surface area contributed by atoms with Gasteiger partial charge in [-0.3, -0.25) is 20.1 Å². The predicted octanol–water partition coefficient (Wildman–Crippen LogP) is -0.173. The van der Waals surface area contributed by atoms with Crippen LogP contribution in [-0.2, 0) is 16.1 Å². The summed E-state index contributed by atoms with van der Waals surface area (Å²) in [5.74, 6) is 4.89. The van der Waals surface area contributed by atoms with Crippen LogP contribution in [0.25, 0.3) is 0 Å². The highest BCUT2D eigenvalue weighted by atomic mass is 16.5. The lowest BCUT2D eigenvalue weighted by molar-refractivity contribution is -0.128. The van der Waals surface area contributed by atoms with Crippen LogP contribution in [0, 0.1) is 6.92 Å². The zero-order chi connectivity index (χ0) is 13.5. The molecule has 0 saturated heterocycles. The number of aryl methyl sites for hydroxylation is 1. The Hall–Kier alpha value is -1.50. The summed E-state index contributed by atoms with van der Waals surface area (Å²) < 4.78 is 5.03. The van der Waals surface area contributed by atoms with E-state index >= 15 is 0 Å². The van der Waals surface area contributed by atoms with Gasteiger partial charge < -0.3 is 4.74 Å². The molecular weight excluding hydrogens is 232 g/mol. The molecule has 0 saturated carbocycles. The second-order valence-corrected chi connectivity index (χ2v) is 4.17. The minimum absolute atomic E-state index is 0.271. The van der Waals surface area contributed by atoms with Crippen LogP contribution >= 0.6 is 0 Å². The monoisotopic (exact) mass is 252 g/mol. The van der Waals surface area contributed by atoms with Crippen LogP contribution in [0.5, 0.6) is 0 Å². The molecule has 6 nitrogen and oxygen atoms in total. The van der Waals surface area contributed by atoms with Crippen molar-refractivity contribution in [3.63, 3.8) is 0 Å². The fourth-order valence-electron chi connectivity index (χ4n) is 1.71. The van der Waals surface area contributed by atoms with E-state index in [-0.39, 0.29) is 12.5 Å².